The fourth-order valence-corrected chi connectivity index (χ4v) is 16.8. The van der Waals surface area contributed by atoms with Crippen LogP contribution in [0.25, 0.3) is 0 Å². The number of anilines is 3. The number of carbonyl (C=O) groups excluding carboxylic acids is 14. The van der Waals surface area contributed by atoms with Gasteiger partial charge < -0.3 is 125 Å². The predicted molar refractivity (Wildman–Crippen MR) is 492 cm³/mol. The van der Waals surface area contributed by atoms with Gasteiger partial charge in [-0.2, -0.15) is 0 Å². The van der Waals surface area contributed by atoms with E-state index in [0.29, 0.717) is 27.8 Å². The van der Waals surface area contributed by atoms with E-state index in [4.69, 9.17) is 94.7 Å². The molecule has 42 heteroatoms. The maximum absolute atomic E-state index is 15.2. The standard InChI is InChI=1S/C99H121N5O37/c1-52-32-73-92(116)103(97(119)131-45-62-22-24-77(69(38-62)76(110)21-19-27-126-51-84(113)141-99(11,12)13)138-95-56(5)86(135-59(8)106)87(136-60(9)107)88(140-95)94(118)124-17)71-41-79(54(3)34-67(71)90(114)101(73)43-52)129-47-64-35-65(37-66(36-64)100-82(111)49-127-30-28-125-29-31-128-50-83(112)123-16)48-130-81-42-72-68(40-80(81)122-15)91(115)102-44-53(2)33-74(102)93(117)104(72)98(120)132-46-63-23-25-78(70(39-63)75(109)20-18-26-121-14)139-96-89(137-61(10)108)85(134-58(7)105)55(4)57(6)133-96/h22-25,34-42,55-57,73-74,85-89,92-93,95-96,116-117H,1-2,18-21,26-33,43-51H2,3-17H3,(H,100,111)/t55-,56-,57-,73+,74?,85+,86-,87+,88+,89-,92?,93?,95?,96+/m1/s1. The number of carbonyl (C=O) groups is 14. The van der Waals surface area contributed by atoms with Gasteiger partial charge in [0.2, 0.25) is 24.6 Å². The summed E-state index contributed by atoms with van der Waals surface area (Å²) in [6.45, 7) is 21.7. The fourth-order valence-electron chi connectivity index (χ4n) is 16.8. The summed E-state index contributed by atoms with van der Waals surface area (Å²) in [5.74, 6) is -9.79. The van der Waals surface area contributed by atoms with Crippen molar-refractivity contribution in [2.45, 2.75) is 220 Å². The van der Waals surface area contributed by atoms with Crippen molar-refractivity contribution < 1.29 is 177 Å². The SMILES string of the molecule is C=C1CC2C(O)N(C(=O)OCc3ccc(O[C@@H]4O[C@H](C)[C@@H](C)[C@H](OC(C)=O)[C@H]4OC(C)=O)c(C(=O)CCCOC)c3)c3cc(OCc4cc(COc5cc6c(cc5C)C(=O)N5CC(=C)C[C@H]5C(O)N6C(=O)OCc5ccc(OC6O[C@H](C(=O)OC)[C@@H](OC(C)=O)[C@H](OC(C)=O)[C@H]6C)c(C(=O)CCCOCC(=O)OC(C)(C)C)c5)cc(NC(=O)COCCOCCOCC(=O)OC)c4)c(OC)cc3C(=O)N2C1. The number of aryl methyl sites for hydroxylation is 1. The van der Waals surface area contributed by atoms with Gasteiger partial charge in [-0.15, -0.1) is 0 Å². The van der Waals surface area contributed by atoms with Crippen molar-refractivity contribution >= 4 is 100 Å². The maximum Gasteiger partial charge on any atom is 0.416 e. The summed E-state index contributed by atoms with van der Waals surface area (Å²) in [5.41, 5.74) is 1.36. The van der Waals surface area contributed by atoms with Crippen LogP contribution in [0.3, 0.4) is 0 Å². The Morgan fingerprint density at radius 3 is 1.48 bits per heavy atom. The van der Waals surface area contributed by atoms with Gasteiger partial charge in [0.05, 0.1) is 105 Å². The Kier molecular flexibility index (Phi) is 37.8. The first-order valence-electron chi connectivity index (χ1n) is 45.7. The number of fused-ring (bicyclic) bond motifs is 4. The first-order valence-corrected chi connectivity index (χ1v) is 45.7. The number of hydrogen-bond donors (Lipinski definition) is 3. The molecule has 0 aliphatic carbocycles. The highest BCUT2D eigenvalue weighted by atomic mass is 16.7. The molecule has 11 rings (SSSR count). The van der Waals surface area contributed by atoms with Crippen LogP contribution in [0.15, 0.2) is 103 Å². The molecule has 6 aliphatic rings. The van der Waals surface area contributed by atoms with Crippen LogP contribution in [-0.4, -0.2) is 284 Å². The Morgan fingerprint density at radius 1 is 0.489 bits per heavy atom. The number of hydrogen-bond acceptors (Lipinski definition) is 37. The number of nitrogens with zero attached hydrogens (tertiary/aromatic N) is 4. The lowest BCUT2D eigenvalue weighted by atomic mass is 9.91. The number of amides is 5. The fraction of sp³-hybridized carbons (Fsp3) is 0.515. The quantitative estimate of drug-likeness (QED) is 0.0108. The summed E-state index contributed by atoms with van der Waals surface area (Å²) < 4.78 is 121. The third-order valence-corrected chi connectivity index (χ3v) is 23.5. The van der Waals surface area contributed by atoms with E-state index in [1.165, 1.54) is 113 Å². The minimum absolute atomic E-state index is 0.000357. The number of methoxy groups -OCH3 is 4. The number of benzene rings is 5. The number of ketones is 2. The highest BCUT2D eigenvalue weighted by Crippen LogP contribution is 2.46. The third-order valence-electron chi connectivity index (χ3n) is 23.5. The molecule has 6 aliphatic heterocycles. The normalized spacial score (nSPS) is 21.9. The van der Waals surface area contributed by atoms with Crippen LogP contribution < -0.4 is 38.8 Å². The number of esters is 7. The van der Waals surface area contributed by atoms with Crippen molar-refractivity contribution in [2.24, 2.45) is 11.8 Å². The Balaban J connectivity index is 0.883. The Hall–Kier alpha value is -13.2. The van der Waals surface area contributed by atoms with Crippen LogP contribution in [0, 0.1) is 18.8 Å². The van der Waals surface area contributed by atoms with E-state index < -0.39 is 201 Å². The molecule has 0 saturated carbocycles. The highest BCUT2D eigenvalue weighted by Gasteiger charge is 2.55. The van der Waals surface area contributed by atoms with E-state index in [0.717, 1.165) is 30.8 Å². The molecule has 14 atom stereocenters. The average Bonchev–Trinajstić information content (AvgIpc) is 1.56. The lowest BCUT2D eigenvalue weighted by molar-refractivity contribution is -0.263. The minimum Gasteiger partial charge on any atom is -0.493 e. The van der Waals surface area contributed by atoms with Gasteiger partial charge in [-0.05, 0) is 143 Å². The van der Waals surface area contributed by atoms with Gasteiger partial charge in [-0.25, -0.2) is 33.8 Å². The summed E-state index contributed by atoms with van der Waals surface area (Å²) in [7, 11) is 5.07. The second kappa shape index (κ2) is 49.3. The second-order valence-electron chi connectivity index (χ2n) is 35.5. The molecule has 0 aromatic heterocycles. The van der Waals surface area contributed by atoms with Gasteiger partial charge in [-0.1, -0.05) is 50.3 Å². The van der Waals surface area contributed by atoms with Crippen molar-refractivity contribution in [3.63, 3.8) is 0 Å². The molecule has 4 saturated heterocycles. The van der Waals surface area contributed by atoms with Gasteiger partial charge >= 0.3 is 54.0 Å². The van der Waals surface area contributed by atoms with Crippen LogP contribution in [0.5, 0.6) is 28.7 Å². The first-order chi connectivity index (χ1) is 67.1. The Bertz CT molecular complexity index is 5480. The molecular formula is C99H121N5O37. The molecule has 764 valence electrons. The van der Waals surface area contributed by atoms with Gasteiger partial charge in [0.1, 0.15) is 75.2 Å². The zero-order valence-electron chi connectivity index (χ0n) is 81.3. The van der Waals surface area contributed by atoms with Gasteiger partial charge in [0, 0.05) is 97.7 Å². The zero-order valence-corrected chi connectivity index (χ0v) is 81.3. The molecule has 5 aromatic carbocycles. The summed E-state index contributed by atoms with van der Waals surface area (Å²) in [6.07, 6.45) is -16.1. The molecule has 0 spiro atoms. The van der Waals surface area contributed by atoms with E-state index >= 15 is 9.59 Å². The number of rotatable bonds is 43. The lowest BCUT2D eigenvalue weighted by Gasteiger charge is -2.43. The van der Waals surface area contributed by atoms with Crippen molar-refractivity contribution in [2.75, 3.05) is 116 Å². The minimum atomic E-state index is -1.81. The van der Waals surface area contributed by atoms with E-state index in [2.05, 4.69) is 23.2 Å². The van der Waals surface area contributed by atoms with Gasteiger partial charge in [0.25, 0.3) is 11.8 Å². The molecule has 3 N–H and O–H groups in total. The molecule has 6 heterocycles. The van der Waals surface area contributed by atoms with E-state index in [1.54, 1.807) is 59.7 Å². The predicted octanol–water partition coefficient (Wildman–Crippen LogP) is 9.14. The summed E-state index contributed by atoms with van der Waals surface area (Å²) in [6, 6.07) is 16.7. The van der Waals surface area contributed by atoms with Gasteiger partial charge in [-0.3, -0.25) is 43.2 Å². The molecule has 0 bridgehead atoms. The molecule has 5 amide bonds. The Morgan fingerprint density at radius 2 is 0.965 bits per heavy atom. The van der Waals surface area contributed by atoms with Crippen molar-refractivity contribution in [1.29, 1.82) is 0 Å². The molecule has 0 radical (unpaired) electrons. The molecule has 5 aromatic rings. The van der Waals surface area contributed by atoms with E-state index in [9.17, 15) is 67.7 Å². The average molecular weight is 1970 g/mol. The highest BCUT2D eigenvalue weighted by molar-refractivity contribution is 6.08. The molecule has 4 fully saturated rings. The van der Waals surface area contributed by atoms with Crippen molar-refractivity contribution in [3.8, 4) is 28.7 Å². The lowest BCUT2D eigenvalue weighted by Crippen LogP contribution is -2.60. The summed E-state index contributed by atoms with van der Waals surface area (Å²) in [5, 5.41) is 27.9. The third kappa shape index (κ3) is 28.2. The monoisotopic (exact) mass is 1970 g/mol. The number of aliphatic hydroxyl groups is 2. The van der Waals surface area contributed by atoms with Crippen LogP contribution in [0.2, 0.25) is 0 Å². The van der Waals surface area contributed by atoms with Gasteiger partial charge in [0.15, 0.2) is 53.8 Å². The zero-order chi connectivity index (χ0) is 103. The summed E-state index contributed by atoms with van der Waals surface area (Å²) in [4.78, 5) is 195. The van der Waals surface area contributed by atoms with Crippen molar-refractivity contribution in [1.82, 2.24) is 9.80 Å². The summed E-state index contributed by atoms with van der Waals surface area (Å²) >= 11 is 0. The number of aliphatic hydroxyl groups excluding tert-OH is 2. The van der Waals surface area contributed by atoms with E-state index in [-0.39, 0.29) is 190 Å². The molecule has 4 unspecified atom stereocenters. The smallest absolute Gasteiger partial charge is 0.416 e. The van der Waals surface area contributed by atoms with Crippen LogP contribution in [0.1, 0.15) is 177 Å². The van der Waals surface area contributed by atoms with Crippen LogP contribution >= 0.6 is 0 Å². The molecular weight excluding hydrogens is 1850 g/mol. The molecule has 42 nitrogen and oxygen atoms in total. The largest absolute Gasteiger partial charge is 0.493 e. The van der Waals surface area contributed by atoms with Crippen LogP contribution in [0.4, 0.5) is 26.7 Å². The van der Waals surface area contributed by atoms with Crippen LogP contribution in [-0.2, 0) is 141 Å². The first kappa shape index (κ1) is 108. The number of nitrogens with one attached hydrogen (secondary N) is 1. The number of Topliss-reactive ketones (excluding diaryl/α,β-unsaturated/α-hetero) is 2. The molecule has 141 heavy (non-hydrogen) atoms. The maximum atomic E-state index is 15.2. The van der Waals surface area contributed by atoms with E-state index in [1.807, 2.05) is 0 Å². The topological polar surface area (TPSA) is 498 Å². The second-order valence-corrected chi connectivity index (χ2v) is 35.5. The Labute approximate surface area is 813 Å². The number of ether oxygens (including phenoxy) is 21. The van der Waals surface area contributed by atoms with Crippen molar-refractivity contribution in [3.05, 3.63) is 153 Å².